The lowest BCUT2D eigenvalue weighted by atomic mass is 9.82. The number of para-hydroxylation sites is 1. The van der Waals surface area contributed by atoms with Crippen molar-refractivity contribution in [3.8, 4) is 23.0 Å². The quantitative estimate of drug-likeness (QED) is 0.0682. The van der Waals surface area contributed by atoms with E-state index < -0.39 is 106 Å². The maximum absolute atomic E-state index is 14.9. The molecule has 0 fully saturated rings. The molecule has 0 radical (unpaired) electrons. The minimum absolute atomic E-state index is 0.0425. The van der Waals surface area contributed by atoms with Crippen LogP contribution >= 0.6 is 0 Å². The Bertz CT molecular complexity index is 2270. The number of anilines is 1. The van der Waals surface area contributed by atoms with Crippen LogP contribution in [0.3, 0.4) is 0 Å². The first kappa shape index (κ1) is 44.7. The Labute approximate surface area is 324 Å². The molecule has 2 aromatic heterocycles. The van der Waals surface area contributed by atoms with Gasteiger partial charge < -0.3 is 20.3 Å². The summed E-state index contributed by atoms with van der Waals surface area (Å²) >= 11 is 0. The Morgan fingerprint density at radius 1 is 1.14 bits per heavy atom. The number of nitrogens with one attached hydrogen (secondary N) is 3. The monoisotopic (exact) mass is 827 g/mol. The number of amides is 1. The van der Waals surface area contributed by atoms with E-state index in [1.54, 1.807) is 12.1 Å². The number of rotatable bonds is 15. The molecule has 6 N–H and O–H groups in total. The zero-order valence-corrected chi connectivity index (χ0v) is 32.3. The molecule has 19 heteroatoms. The number of carbonyl (C=O) groups is 1. The van der Waals surface area contributed by atoms with Crippen LogP contribution in [0.5, 0.6) is 0 Å². The highest BCUT2D eigenvalue weighted by atomic mass is 32.2. The van der Waals surface area contributed by atoms with Gasteiger partial charge in [0.1, 0.15) is 34.4 Å². The van der Waals surface area contributed by atoms with E-state index in [1.165, 1.54) is 45.9 Å². The van der Waals surface area contributed by atoms with Gasteiger partial charge in [-0.3, -0.25) is 19.3 Å². The van der Waals surface area contributed by atoms with Gasteiger partial charge in [0.15, 0.2) is 24.6 Å². The van der Waals surface area contributed by atoms with Crippen LogP contribution in [0.15, 0.2) is 69.9 Å². The smallest absolute Gasteiger partial charge is 0.378 e. The number of allylic oxidation sites excluding steroid dienone is 6. The molecule has 0 bridgehead atoms. The van der Waals surface area contributed by atoms with E-state index in [0.717, 1.165) is 23.7 Å². The lowest BCUT2D eigenvalue weighted by molar-refractivity contribution is -0.597. The number of pyridine rings is 1. The Morgan fingerprint density at radius 2 is 1.84 bits per heavy atom. The van der Waals surface area contributed by atoms with Gasteiger partial charge in [-0.05, 0) is 68.7 Å². The number of halogens is 7. The number of alkyl halides is 5. The highest BCUT2D eigenvalue weighted by Gasteiger charge is 2.39. The second kappa shape index (κ2) is 18.0. The van der Waals surface area contributed by atoms with E-state index in [9.17, 15) is 49.1 Å². The summed E-state index contributed by atoms with van der Waals surface area (Å²) in [6.45, 7) is 2.33. The van der Waals surface area contributed by atoms with Crippen LogP contribution in [0, 0.1) is 35.0 Å². The topological polar surface area (TPSA) is 175 Å². The molecule has 4 rings (SSSR count). The maximum atomic E-state index is 14.9. The van der Waals surface area contributed by atoms with Gasteiger partial charge in [0.2, 0.25) is 10.0 Å². The lowest BCUT2D eigenvalue weighted by Gasteiger charge is -2.29. The number of quaternary nitrogens is 1. The molecule has 308 valence electrons. The van der Waals surface area contributed by atoms with E-state index in [0.29, 0.717) is 0 Å². The van der Waals surface area contributed by atoms with E-state index in [2.05, 4.69) is 32.0 Å². The molecular weight excluding hydrogens is 786 g/mol. The van der Waals surface area contributed by atoms with Gasteiger partial charge in [-0.1, -0.05) is 37.1 Å². The summed E-state index contributed by atoms with van der Waals surface area (Å²) < 4.78 is 130. The average molecular weight is 828 g/mol. The third kappa shape index (κ3) is 12.0. The number of sulfonamides is 1. The summed E-state index contributed by atoms with van der Waals surface area (Å²) in [5.74, 6) is -0.135. The summed E-state index contributed by atoms with van der Waals surface area (Å²) in [6, 6.07) is 6.42. The predicted molar refractivity (Wildman–Crippen MR) is 199 cm³/mol. The van der Waals surface area contributed by atoms with Gasteiger partial charge in [0.05, 0.1) is 30.1 Å². The van der Waals surface area contributed by atoms with Crippen molar-refractivity contribution in [2.24, 2.45) is 17.8 Å². The van der Waals surface area contributed by atoms with Crippen molar-refractivity contribution < 1.29 is 58.9 Å². The highest BCUT2D eigenvalue weighted by molar-refractivity contribution is 7.92. The van der Waals surface area contributed by atoms with Gasteiger partial charge in [-0.2, -0.15) is 13.2 Å². The second-order valence-electron chi connectivity index (χ2n) is 14.3. The summed E-state index contributed by atoms with van der Waals surface area (Å²) in [4.78, 5) is 18.4. The number of nitrogens with two attached hydrogens (primary N) is 1. The molecule has 0 spiro atoms. The number of nitrogens with zero attached hydrogens (tertiary/aromatic N) is 2. The molecule has 0 saturated heterocycles. The van der Waals surface area contributed by atoms with Crippen molar-refractivity contribution in [2.75, 3.05) is 30.9 Å². The fourth-order valence-corrected chi connectivity index (χ4v) is 6.52. The van der Waals surface area contributed by atoms with Crippen LogP contribution in [0.25, 0.3) is 22.1 Å². The van der Waals surface area contributed by atoms with Crippen molar-refractivity contribution in [3.05, 3.63) is 76.8 Å². The third-order valence-electron chi connectivity index (χ3n) is 8.86. The van der Waals surface area contributed by atoms with E-state index in [-0.39, 0.29) is 45.7 Å². The fourth-order valence-electron chi connectivity index (χ4n) is 6.02. The summed E-state index contributed by atoms with van der Waals surface area (Å²) in [5, 5.41) is 25.6. The summed E-state index contributed by atoms with van der Waals surface area (Å²) in [6.07, 6.45) is -3.25. The van der Waals surface area contributed by atoms with Gasteiger partial charge in [0.25, 0.3) is 5.91 Å². The van der Waals surface area contributed by atoms with E-state index in [1.807, 2.05) is 0 Å². The zero-order chi connectivity index (χ0) is 42.5. The molecule has 11 nitrogen and oxygen atoms in total. The first-order valence-corrected chi connectivity index (χ1v) is 19.4. The molecule has 1 amide bonds. The lowest BCUT2D eigenvalue weighted by Crippen LogP contribution is -2.85. The van der Waals surface area contributed by atoms with Crippen LogP contribution in [-0.4, -0.2) is 73.2 Å². The largest absolute Gasteiger partial charge is 0.433 e. The number of hydrogen-bond acceptors (Lipinski definition) is 8. The molecule has 4 unspecified atom stereocenters. The van der Waals surface area contributed by atoms with Gasteiger partial charge >= 0.3 is 6.18 Å². The first-order chi connectivity index (χ1) is 26.5. The minimum atomic E-state index is -5.19. The number of aromatic nitrogens is 2. The molecule has 3 aromatic rings. The van der Waals surface area contributed by atoms with Gasteiger partial charge in [-0.15, -0.1) is 0 Å². The molecule has 4 atom stereocenters. The molecule has 1 aliphatic carbocycles. The van der Waals surface area contributed by atoms with Crippen LogP contribution in [0.4, 0.5) is 36.6 Å². The second-order valence-corrected chi connectivity index (χ2v) is 16.0. The Morgan fingerprint density at radius 3 is 2.46 bits per heavy atom. The molecule has 1 aromatic carbocycles. The van der Waals surface area contributed by atoms with Crippen LogP contribution in [0.1, 0.15) is 58.0 Å². The van der Waals surface area contributed by atoms with Crippen molar-refractivity contribution >= 4 is 38.4 Å². The number of fused-ring (bicyclic) bond motifs is 1. The number of benzene rings is 1. The van der Waals surface area contributed by atoms with Crippen molar-refractivity contribution in [2.45, 2.75) is 58.4 Å². The third-order valence-corrected chi connectivity index (χ3v) is 9.42. The first-order valence-electron chi connectivity index (χ1n) is 17.5. The van der Waals surface area contributed by atoms with Gasteiger partial charge in [-0.25, -0.2) is 26.6 Å². The van der Waals surface area contributed by atoms with Crippen molar-refractivity contribution in [3.63, 3.8) is 0 Å². The predicted octanol–water partition coefficient (Wildman–Crippen LogP) is 6.27. The molecule has 2 heterocycles. The number of hydrogen-bond donors (Lipinski definition) is 5. The zero-order valence-electron chi connectivity index (χ0n) is 31.5. The molecule has 0 aliphatic heterocycles. The number of carbonyl (C=O) groups excluding carboxylic acids is 1. The summed E-state index contributed by atoms with van der Waals surface area (Å²) in [5.41, 5.74) is -4.07. The standard InChI is InChI=1S/C38H41F7N6O5S/c1-20(17-39)13-28(35(46)38(43,44)45)31(18-40)47-19-32(52)49-30(15-22-14-23(41)16-29(42)21(22)2)33-25(10-9-24(48-33)11-12-37(3,4)53)26-7-6-8-27-34(26)56-50-36(27)51-57(5,54)55/h6-10,14,16,20-22,30,46-47,53H,13,15,17-19H2,1-5H3,(H,49,52)(H,50,51)/p+1. The molecular formula is C38H42F7N6O5S+. The maximum Gasteiger partial charge on any atom is 0.433 e. The summed E-state index contributed by atoms with van der Waals surface area (Å²) in [7, 11) is -3.80. The molecule has 0 saturated carbocycles. The Hall–Kier alpha value is -5.06. The van der Waals surface area contributed by atoms with Crippen LogP contribution in [-0.2, 0) is 14.8 Å². The van der Waals surface area contributed by atoms with Crippen LogP contribution in [0.2, 0.25) is 0 Å². The van der Waals surface area contributed by atoms with Crippen molar-refractivity contribution in [1.29, 1.82) is 5.41 Å². The minimum Gasteiger partial charge on any atom is -0.378 e. The van der Waals surface area contributed by atoms with E-state index >= 15 is 0 Å². The average Bonchev–Trinajstić information content (AvgIpc) is 3.52. The van der Waals surface area contributed by atoms with Crippen LogP contribution < -0.4 is 15.4 Å². The molecule has 57 heavy (non-hydrogen) atoms. The van der Waals surface area contributed by atoms with Crippen molar-refractivity contribution in [1.82, 2.24) is 15.5 Å². The highest BCUT2D eigenvalue weighted by Crippen LogP contribution is 2.40. The fraction of sp³-hybridized carbons (Fsp3) is 0.421. The SMILES string of the molecule is CC(CF)CC(C(=N)C(F)(F)F)=C(CF)[NH2+]CC(=O)NC(CC1C=C(F)C=C(F)C1C)c1nc(C#CC(C)(C)O)ccc1-c1cccc2c(NS(C)(=O)=O)noc12. The van der Waals surface area contributed by atoms with Gasteiger partial charge in [0, 0.05) is 28.7 Å². The number of aliphatic hydroxyl groups is 1. The van der Waals surface area contributed by atoms with E-state index in [4.69, 9.17) is 9.93 Å². The normalized spacial score (nSPS) is 17.8. The Kier molecular flexibility index (Phi) is 14.1. The molecule has 1 aliphatic rings. The Balaban J connectivity index is 1.88.